The average molecular weight is 855 g/mol. The number of nitrogens with one attached hydrogen (secondary N) is 4. The van der Waals surface area contributed by atoms with Gasteiger partial charge in [-0.15, -0.1) is 0 Å². The number of ether oxygens (including phenoxy) is 2. The van der Waals surface area contributed by atoms with Gasteiger partial charge in [-0.3, -0.25) is 28.8 Å². The smallest absolute Gasteiger partial charge is 0.397 e. The van der Waals surface area contributed by atoms with Crippen LogP contribution in [-0.4, -0.2) is 75.4 Å². The monoisotopic (exact) mass is 854 g/mol. The van der Waals surface area contributed by atoms with E-state index in [0.29, 0.717) is 37.1 Å². The number of nitrogens with zero attached hydrogens (tertiary/aromatic N) is 1. The normalized spacial score (nSPS) is 22.0. The Kier molecular flexibility index (Phi) is 15.0. The van der Waals surface area contributed by atoms with Crippen molar-refractivity contribution in [2.75, 3.05) is 11.9 Å². The molecular formula is C47H62N6O9. The largest absolute Gasteiger partial charge is 0.460 e. The number of primary amides is 1. The van der Waals surface area contributed by atoms with Crippen LogP contribution in [0.4, 0.5) is 5.69 Å². The molecule has 1 aliphatic heterocycles. The second-order valence-electron chi connectivity index (χ2n) is 18.6. The van der Waals surface area contributed by atoms with Crippen molar-refractivity contribution >= 4 is 58.1 Å². The van der Waals surface area contributed by atoms with Gasteiger partial charge in [0.05, 0.1) is 18.8 Å². The van der Waals surface area contributed by atoms with E-state index in [2.05, 4.69) is 31.9 Å². The second-order valence-corrected chi connectivity index (χ2v) is 18.6. The van der Waals surface area contributed by atoms with Crippen LogP contribution in [0.3, 0.4) is 0 Å². The molecule has 0 radical (unpaired) electrons. The van der Waals surface area contributed by atoms with E-state index in [9.17, 15) is 33.6 Å². The lowest BCUT2D eigenvalue weighted by Gasteiger charge is -2.39. The van der Waals surface area contributed by atoms with E-state index in [0.717, 1.165) is 22.9 Å². The topological polar surface area (TPSA) is 217 Å². The van der Waals surface area contributed by atoms with Crippen LogP contribution >= 0.6 is 0 Å². The number of amides is 5. The molecule has 3 aromatic rings. The van der Waals surface area contributed by atoms with Gasteiger partial charge in [-0.25, -0.2) is 4.79 Å². The van der Waals surface area contributed by atoms with Gasteiger partial charge in [0.15, 0.2) is 0 Å². The molecule has 6 N–H and O–H groups in total. The highest BCUT2D eigenvalue weighted by molar-refractivity contribution is 6.37. The molecule has 1 fully saturated rings. The summed E-state index contributed by atoms with van der Waals surface area (Å²) in [5.74, 6) is -7.28. The maximum Gasteiger partial charge on any atom is 0.397 e. The van der Waals surface area contributed by atoms with Gasteiger partial charge in [0.25, 0.3) is 0 Å². The molecule has 2 aromatic carbocycles. The van der Waals surface area contributed by atoms with Crippen molar-refractivity contribution in [1.29, 1.82) is 0 Å². The number of benzene rings is 2. The molecule has 2 heterocycles. The fourth-order valence-electron chi connectivity index (χ4n) is 8.08. The maximum atomic E-state index is 14.9. The summed E-state index contributed by atoms with van der Waals surface area (Å²) in [5.41, 5.74) is 5.42. The first-order valence-electron chi connectivity index (χ1n) is 21.4. The molecule has 0 unspecified atom stereocenters. The van der Waals surface area contributed by atoms with Gasteiger partial charge in [-0.05, 0) is 115 Å². The van der Waals surface area contributed by atoms with Crippen molar-refractivity contribution < 1.29 is 43.0 Å². The van der Waals surface area contributed by atoms with Crippen LogP contribution in [-0.2, 0) is 49.6 Å². The molecule has 1 aliphatic carbocycles. The molecule has 334 valence electrons. The van der Waals surface area contributed by atoms with Gasteiger partial charge < -0.3 is 41.0 Å². The van der Waals surface area contributed by atoms with Crippen LogP contribution in [0.2, 0.25) is 0 Å². The zero-order valence-electron chi connectivity index (χ0n) is 36.9. The summed E-state index contributed by atoms with van der Waals surface area (Å²) in [7, 11) is 0. The molecule has 5 amide bonds. The van der Waals surface area contributed by atoms with E-state index >= 15 is 0 Å². The standard InChI is InChI=1S/C47H62N6O9/c1-29-14-19-37-32(24-29)20-23-53(37)28-30-12-11-13-34(31-15-17-33(18-16-31)50-42(58)43(59)62-46(5,6)7)35(25-39(55)61-45(2,3)4)40(56)52-47(21-9-8-10-22-47)44(60)51-36(26-38(48)54)41(57)49-27-30/h11,13-20,23-24,30,34-36H,8-10,12,21-22,25-28H2,1-7H3,(H2,48,54)(H,49,57)(H,50,58)(H,51,60)(H,52,56)/b13-11+/t30-,34-,35+,36+/m1/s1. The van der Waals surface area contributed by atoms with E-state index in [4.69, 9.17) is 15.2 Å². The summed E-state index contributed by atoms with van der Waals surface area (Å²) in [5, 5.41) is 12.4. The number of fused-ring (bicyclic) bond motifs is 1. The minimum absolute atomic E-state index is 0.167. The summed E-state index contributed by atoms with van der Waals surface area (Å²) in [6.07, 6.45) is 7.91. The predicted molar refractivity (Wildman–Crippen MR) is 234 cm³/mol. The number of rotatable bonds is 8. The number of carbonyl (C=O) groups excluding carboxylic acids is 7. The molecular weight excluding hydrogens is 793 g/mol. The van der Waals surface area contributed by atoms with E-state index in [1.165, 1.54) is 0 Å². The van der Waals surface area contributed by atoms with Crippen molar-refractivity contribution in [3.8, 4) is 0 Å². The lowest BCUT2D eigenvalue weighted by Crippen LogP contribution is -2.64. The summed E-state index contributed by atoms with van der Waals surface area (Å²) < 4.78 is 13.1. The number of aryl methyl sites for hydroxylation is 1. The Labute approximate surface area is 363 Å². The van der Waals surface area contributed by atoms with Gasteiger partial charge in [0.2, 0.25) is 23.6 Å². The van der Waals surface area contributed by atoms with Crippen LogP contribution in [0.5, 0.6) is 0 Å². The number of anilines is 1. The molecule has 0 saturated heterocycles. The molecule has 1 saturated carbocycles. The minimum Gasteiger partial charge on any atom is -0.460 e. The molecule has 2 aliphatic rings. The third-order valence-electron chi connectivity index (χ3n) is 11.0. The van der Waals surface area contributed by atoms with Crippen LogP contribution in [0.15, 0.2) is 66.9 Å². The summed E-state index contributed by atoms with van der Waals surface area (Å²) >= 11 is 0. The Morgan fingerprint density at radius 1 is 0.871 bits per heavy atom. The van der Waals surface area contributed by atoms with Crippen LogP contribution < -0.4 is 27.0 Å². The lowest BCUT2D eigenvalue weighted by molar-refractivity contribution is -0.161. The molecule has 4 atom stereocenters. The molecule has 15 heteroatoms. The first kappa shape index (κ1) is 47.1. The zero-order valence-corrected chi connectivity index (χ0v) is 36.9. The van der Waals surface area contributed by atoms with Gasteiger partial charge in [-0.1, -0.05) is 55.2 Å². The number of hydrogen-bond acceptors (Lipinski definition) is 9. The number of esters is 2. The summed E-state index contributed by atoms with van der Waals surface area (Å²) in [4.78, 5) is 94.3. The minimum atomic E-state index is -1.46. The van der Waals surface area contributed by atoms with Gasteiger partial charge in [-0.2, -0.15) is 0 Å². The van der Waals surface area contributed by atoms with Crippen molar-refractivity contribution in [2.45, 2.75) is 135 Å². The van der Waals surface area contributed by atoms with E-state index in [1.54, 1.807) is 65.8 Å². The fourth-order valence-corrected chi connectivity index (χ4v) is 8.08. The van der Waals surface area contributed by atoms with E-state index in [1.807, 2.05) is 43.5 Å². The highest BCUT2D eigenvalue weighted by atomic mass is 16.6. The van der Waals surface area contributed by atoms with Crippen molar-refractivity contribution in [2.24, 2.45) is 17.6 Å². The van der Waals surface area contributed by atoms with E-state index in [-0.39, 0.29) is 31.7 Å². The predicted octanol–water partition coefficient (Wildman–Crippen LogP) is 5.23. The molecule has 1 spiro atoms. The SMILES string of the molecule is Cc1ccc2c(ccn2C[C@@H]2C/C=C/[C@H](c3ccc(NC(=O)C(=O)OC(C)(C)C)cc3)[C@H](CC(=O)OC(C)(C)C)C(=O)NC3(CCCCC3)C(=O)N[C@@H](CC(N)=O)C(=O)NC2)c1. The molecule has 15 nitrogen and oxygen atoms in total. The number of hydrogen-bond donors (Lipinski definition) is 5. The maximum absolute atomic E-state index is 14.9. The van der Waals surface area contributed by atoms with Gasteiger partial charge in [0, 0.05) is 36.4 Å². The Morgan fingerprint density at radius 2 is 1.55 bits per heavy atom. The Morgan fingerprint density at radius 3 is 2.19 bits per heavy atom. The number of nitrogens with two attached hydrogens (primary N) is 1. The van der Waals surface area contributed by atoms with Crippen molar-refractivity contribution in [3.05, 3.63) is 78.0 Å². The van der Waals surface area contributed by atoms with Gasteiger partial charge in [0.1, 0.15) is 22.8 Å². The lowest BCUT2D eigenvalue weighted by atomic mass is 9.78. The fraction of sp³-hybridized carbons (Fsp3) is 0.511. The highest BCUT2D eigenvalue weighted by Gasteiger charge is 2.45. The third kappa shape index (κ3) is 13.0. The van der Waals surface area contributed by atoms with Crippen LogP contribution in [0.25, 0.3) is 10.9 Å². The number of aromatic nitrogens is 1. The quantitative estimate of drug-likeness (QED) is 0.114. The number of carbonyl (C=O) groups is 7. The third-order valence-corrected chi connectivity index (χ3v) is 11.0. The Hall–Kier alpha value is -5.99. The first-order valence-corrected chi connectivity index (χ1v) is 21.4. The molecule has 1 aromatic heterocycles. The Balaban J connectivity index is 1.59. The first-order chi connectivity index (χ1) is 29.1. The summed E-state index contributed by atoms with van der Waals surface area (Å²) in [6, 6.07) is 13.5. The van der Waals surface area contributed by atoms with Crippen molar-refractivity contribution in [1.82, 2.24) is 20.5 Å². The van der Waals surface area contributed by atoms with E-state index < -0.39 is 82.5 Å². The summed E-state index contributed by atoms with van der Waals surface area (Å²) in [6.45, 7) is 12.8. The Bertz CT molecular complexity index is 2170. The van der Waals surface area contributed by atoms with Crippen molar-refractivity contribution in [3.63, 3.8) is 0 Å². The zero-order chi connectivity index (χ0) is 45.4. The highest BCUT2D eigenvalue weighted by Crippen LogP contribution is 2.35. The second kappa shape index (κ2) is 19.8. The molecule has 0 bridgehead atoms. The van der Waals surface area contributed by atoms with Crippen LogP contribution in [0, 0.1) is 18.8 Å². The van der Waals surface area contributed by atoms with Crippen LogP contribution in [0.1, 0.15) is 110 Å². The van der Waals surface area contributed by atoms with Gasteiger partial charge >= 0.3 is 17.8 Å². The average Bonchev–Trinajstić information content (AvgIpc) is 3.57. The number of allylic oxidation sites excluding steroid dienone is 2. The molecule has 5 rings (SSSR count). The molecule has 62 heavy (non-hydrogen) atoms.